The Hall–Kier alpha value is -1.66. The Kier molecular flexibility index (Phi) is 3.78. The Morgan fingerprint density at radius 2 is 2.28 bits per heavy atom. The van der Waals surface area contributed by atoms with Crippen LogP contribution in [0, 0.1) is 0 Å². The maximum Gasteiger partial charge on any atom is 0.328 e. The molecule has 6 nitrogen and oxygen atoms in total. The third-order valence-electron chi connectivity index (χ3n) is 2.61. The van der Waals surface area contributed by atoms with E-state index in [1.807, 2.05) is 0 Å². The van der Waals surface area contributed by atoms with Crippen molar-refractivity contribution in [1.82, 2.24) is 9.88 Å². The lowest BCUT2D eigenvalue weighted by Gasteiger charge is -2.32. The van der Waals surface area contributed by atoms with Crippen molar-refractivity contribution in [2.45, 2.75) is 6.04 Å². The van der Waals surface area contributed by atoms with Gasteiger partial charge in [-0.05, 0) is 12.1 Å². The molecule has 0 saturated carbocycles. The number of nitrogens with zero attached hydrogens (tertiary/aromatic N) is 2. The van der Waals surface area contributed by atoms with Crippen molar-refractivity contribution in [2.24, 2.45) is 0 Å². The predicted molar refractivity (Wildman–Crippen MR) is 62.5 cm³/mol. The Balaban J connectivity index is 2.23. The molecule has 1 aliphatic heterocycles. The van der Waals surface area contributed by atoms with Gasteiger partial charge < -0.3 is 14.7 Å². The highest BCUT2D eigenvalue weighted by Gasteiger charge is 2.33. The summed E-state index contributed by atoms with van der Waals surface area (Å²) in [4.78, 5) is 28.3. The van der Waals surface area contributed by atoms with Crippen LogP contribution < -0.4 is 0 Å². The second-order valence-electron chi connectivity index (χ2n) is 3.77. The number of carboxylic acid groups (broad SMARTS) is 1. The van der Waals surface area contributed by atoms with Gasteiger partial charge in [0.05, 0.1) is 13.2 Å². The van der Waals surface area contributed by atoms with Gasteiger partial charge in [0.2, 0.25) is 0 Å². The second-order valence-corrected chi connectivity index (χ2v) is 4.16. The zero-order valence-electron chi connectivity index (χ0n) is 9.38. The molecule has 2 rings (SSSR count). The maximum absolute atomic E-state index is 12.2. The van der Waals surface area contributed by atoms with Gasteiger partial charge in [-0.15, -0.1) is 0 Å². The molecule has 96 valence electrons. The molecule has 1 atom stereocenters. The highest BCUT2D eigenvalue weighted by atomic mass is 35.5. The molecule has 1 aromatic rings. The van der Waals surface area contributed by atoms with Crippen LogP contribution in [0.25, 0.3) is 0 Å². The van der Waals surface area contributed by atoms with Crippen LogP contribution >= 0.6 is 11.6 Å². The van der Waals surface area contributed by atoms with Crippen LogP contribution in [0.2, 0.25) is 5.15 Å². The first kappa shape index (κ1) is 12.8. The molecular weight excluding hydrogens is 260 g/mol. The molecular formula is C11H11ClN2O4. The van der Waals surface area contributed by atoms with E-state index in [2.05, 4.69) is 4.98 Å². The monoisotopic (exact) mass is 270 g/mol. The number of carboxylic acids is 1. The maximum atomic E-state index is 12.2. The fourth-order valence-corrected chi connectivity index (χ4v) is 1.89. The number of aromatic nitrogens is 1. The first-order valence-corrected chi connectivity index (χ1v) is 5.71. The van der Waals surface area contributed by atoms with Gasteiger partial charge in [0, 0.05) is 6.54 Å². The highest BCUT2D eigenvalue weighted by molar-refractivity contribution is 6.29. The molecule has 0 spiro atoms. The van der Waals surface area contributed by atoms with Crippen molar-refractivity contribution in [3.63, 3.8) is 0 Å². The van der Waals surface area contributed by atoms with E-state index in [0.717, 1.165) is 0 Å². The van der Waals surface area contributed by atoms with Crippen molar-refractivity contribution < 1.29 is 19.4 Å². The van der Waals surface area contributed by atoms with Gasteiger partial charge in [0.1, 0.15) is 10.8 Å². The van der Waals surface area contributed by atoms with E-state index in [1.54, 1.807) is 12.1 Å². The number of pyridine rings is 1. The lowest BCUT2D eigenvalue weighted by molar-refractivity contribution is -0.147. The zero-order chi connectivity index (χ0) is 13.1. The molecule has 18 heavy (non-hydrogen) atoms. The molecule has 7 heteroatoms. The number of hydrogen-bond donors (Lipinski definition) is 1. The van der Waals surface area contributed by atoms with Crippen LogP contribution in [0.5, 0.6) is 0 Å². The molecule has 2 heterocycles. The SMILES string of the molecule is O=C(O)C1COCCN1C(=O)c1cccc(Cl)n1. The van der Waals surface area contributed by atoms with Crippen molar-refractivity contribution in [1.29, 1.82) is 0 Å². The van der Waals surface area contributed by atoms with Gasteiger partial charge in [-0.2, -0.15) is 0 Å². The number of carbonyl (C=O) groups excluding carboxylic acids is 1. The van der Waals surface area contributed by atoms with Gasteiger partial charge in [0.15, 0.2) is 6.04 Å². The van der Waals surface area contributed by atoms with E-state index in [9.17, 15) is 9.59 Å². The minimum atomic E-state index is -1.09. The second kappa shape index (κ2) is 5.32. The summed E-state index contributed by atoms with van der Waals surface area (Å²) in [7, 11) is 0. The quantitative estimate of drug-likeness (QED) is 0.799. The third-order valence-corrected chi connectivity index (χ3v) is 2.82. The molecule has 0 aromatic carbocycles. The fraction of sp³-hybridized carbons (Fsp3) is 0.364. The van der Waals surface area contributed by atoms with E-state index in [0.29, 0.717) is 6.61 Å². The Bertz CT molecular complexity index is 480. The predicted octanol–water partition coefficient (Wildman–Crippen LogP) is 0.661. The molecule has 1 saturated heterocycles. The zero-order valence-corrected chi connectivity index (χ0v) is 10.1. The van der Waals surface area contributed by atoms with Crippen molar-refractivity contribution in [3.05, 3.63) is 29.0 Å². The molecule has 1 unspecified atom stereocenters. The minimum Gasteiger partial charge on any atom is -0.480 e. The summed E-state index contributed by atoms with van der Waals surface area (Å²) < 4.78 is 5.06. The number of carbonyl (C=O) groups is 2. The summed E-state index contributed by atoms with van der Waals surface area (Å²) in [6.45, 7) is 0.529. The molecule has 0 aliphatic carbocycles. The van der Waals surface area contributed by atoms with Crippen LogP contribution in [-0.4, -0.2) is 52.7 Å². The van der Waals surface area contributed by atoms with Crippen LogP contribution in [0.15, 0.2) is 18.2 Å². The summed E-state index contributed by atoms with van der Waals surface area (Å²) >= 11 is 5.70. The Labute approximate surface area is 108 Å². The van der Waals surface area contributed by atoms with Crippen LogP contribution in [0.1, 0.15) is 10.5 Å². The topological polar surface area (TPSA) is 79.7 Å². The number of ether oxygens (including phenoxy) is 1. The van der Waals surface area contributed by atoms with Crippen LogP contribution in [-0.2, 0) is 9.53 Å². The summed E-state index contributed by atoms with van der Waals surface area (Å²) in [6, 6.07) is 3.67. The lowest BCUT2D eigenvalue weighted by atomic mass is 10.2. The van der Waals surface area contributed by atoms with Gasteiger partial charge in [-0.3, -0.25) is 4.79 Å². The normalized spacial score (nSPS) is 19.6. The van der Waals surface area contributed by atoms with Crippen molar-refractivity contribution >= 4 is 23.5 Å². The number of hydrogen-bond acceptors (Lipinski definition) is 4. The largest absolute Gasteiger partial charge is 0.480 e. The summed E-state index contributed by atoms with van der Waals surface area (Å²) in [6.07, 6.45) is 0. The molecule has 1 aromatic heterocycles. The molecule has 1 fully saturated rings. The number of morpholine rings is 1. The minimum absolute atomic E-state index is 0.0123. The highest BCUT2D eigenvalue weighted by Crippen LogP contribution is 2.13. The van der Waals surface area contributed by atoms with Gasteiger partial charge in [-0.1, -0.05) is 17.7 Å². The molecule has 1 N–H and O–H groups in total. The first-order valence-electron chi connectivity index (χ1n) is 5.33. The smallest absolute Gasteiger partial charge is 0.328 e. The van der Waals surface area contributed by atoms with Crippen molar-refractivity contribution in [3.8, 4) is 0 Å². The average Bonchev–Trinajstić information content (AvgIpc) is 2.38. The molecule has 0 radical (unpaired) electrons. The number of halogens is 1. The standard InChI is InChI=1S/C11H11ClN2O4/c12-9-3-1-2-7(13-9)10(15)14-4-5-18-6-8(14)11(16)17/h1-3,8H,4-6H2,(H,16,17). The summed E-state index contributed by atoms with van der Waals surface area (Å²) in [5.41, 5.74) is 0.135. The van der Waals surface area contributed by atoms with E-state index in [-0.39, 0.29) is 24.0 Å². The van der Waals surface area contributed by atoms with Gasteiger partial charge in [0.25, 0.3) is 5.91 Å². The lowest BCUT2D eigenvalue weighted by Crippen LogP contribution is -2.52. The van der Waals surface area contributed by atoms with Crippen LogP contribution in [0.3, 0.4) is 0 Å². The number of aliphatic carboxylic acids is 1. The number of amides is 1. The van der Waals surface area contributed by atoms with Crippen molar-refractivity contribution in [2.75, 3.05) is 19.8 Å². The van der Waals surface area contributed by atoms with Crippen LogP contribution in [0.4, 0.5) is 0 Å². The third kappa shape index (κ3) is 2.60. The Morgan fingerprint density at radius 3 is 2.94 bits per heavy atom. The van der Waals surface area contributed by atoms with E-state index in [1.165, 1.54) is 11.0 Å². The molecule has 1 amide bonds. The number of rotatable bonds is 2. The van der Waals surface area contributed by atoms with E-state index in [4.69, 9.17) is 21.4 Å². The Morgan fingerprint density at radius 1 is 1.50 bits per heavy atom. The fourth-order valence-electron chi connectivity index (χ4n) is 1.73. The summed E-state index contributed by atoms with van der Waals surface area (Å²) in [5.74, 6) is -1.54. The average molecular weight is 271 g/mol. The van der Waals surface area contributed by atoms with E-state index < -0.39 is 17.9 Å². The van der Waals surface area contributed by atoms with Gasteiger partial charge in [-0.25, -0.2) is 9.78 Å². The molecule has 0 bridgehead atoms. The first-order chi connectivity index (χ1) is 8.59. The van der Waals surface area contributed by atoms with Gasteiger partial charge >= 0.3 is 5.97 Å². The van der Waals surface area contributed by atoms with E-state index >= 15 is 0 Å². The molecule has 1 aliphatic rings. The summed E-state index contributed by atoms with van der Waals surface area (Å²) in [5, 5.41) is 9.23.